The van der Waals surface area contributed by atoms with Crippen molar-refractivity contribution in [3.8, 4) is 0 Å². The molecule has 0 aliphatic carbocycles. The van der Waals surface area contributed by atoms with E-state index >= 15 is 0 Å². The lowest BCUT2D eigenvalue weighted by Crippen LogP contribution is -2.40. The highest BCUT2D eigenvalue weighted by atomic mass is 32.2. The number of carbonyl (C=O) groups excluding carboxylic acids is 2. The molecule has 8 nitrogen and oxygen atoms in total. The first-order valence-corrected chi connectivity index (χ1v) is 8.75. The molecule has 0 aliphatic heterocycles. The van der Waals surface area contributed by atoms with Gasteiger partial charge in [-0.15, -0.1) is 0 Å². The van der Waals surface area contributed by atoms with Crippen molar-refractivity contribution in [3.63, 3.8) is 0 Å². The van der Waals surface area contributed by atoms with Crippen LogP contribution in [0.2, 0.25) is 0 Å². The van der Waals surface area contributed by atoms with Gasteiger partial charge in [0.25, 0.3) is 0 Å². The number of amides is 1. The third-order valence-corrected chi connectivity index (χ3v) is 3.65. The molecule has 0 heterocycles. The predicted octanol–water partition coefficient (Wildman–Crippen LogP) is 1.29. The maximum atomic E-state index is 11.6. The fourth-order valence-electron chi connectivity index (χ4n) is 1.59. The molecular formula is C14H26N2O6S. The van der Waals surface area contributed by atoms with Gasteiger partial charge in [0.1, 0.15) is 11.6 Å². The van der Waals surface area contributed by atoms with Crippen LogP contribution in [0.25, 0.3) is 0 Å². The molecule has 0 saturated carbocycles. The lowest BCUT2D eigenvalue weighted by molar-refractivity contribution is -0.142. The molecule has 0 unspecified atom stereocenters. The van der Waals surface area contributed by atoms with E-state index in [9.17, 15) is 18.0 Å². The van der Waals surface area contributed by atoms with Gasteiger partial charge >= 0.3 is 12.1 Å². The van der Waals surface area contributed by atoms with Crippen molar-refractivity contribution >= 4 is 22.1 Å². The Hall–Kier alpha value is -1.61. The molecular weight excluding hydrogens is 324 g/mol. The summed E-state index contributed by atoms with van der Waals surface area (Å²) in [7, 11) is -2.54. The van der Waals surface area contributed by atoms with Gasteiger partial charge in [0.2, 0.25) is 10.0 Å². The van der Waals surface area contributed by atoms with Crippen molar-refractivity contribution in [2.75, 3.05) is 13.7 Å². The van der Waals surface area contributed by atoms with E-state index in [-0.39, 0.29) is 6.42 Å². The second-order valence-electron chi connectivity index (χ2n) is 5.83. The molecule has 0 aromatic rings. The summed E-state index contributed by atoms with van der Waals surface area (Å²) >= 11 is 0. The van der Waals surface area contributed by atoms with E-state index < -0.39 is 33.7 Å². The van der Waals surface area contributed by atoms with Gasteiger partial charge in [-0.3, -0.25) is 4.79 Å². The fraction of sp³-hybridized carbons (Fsp3) is 0.714. The normalized spacial score (nSPS) is 13.0. The zero-order chi connectivity index (χ0) is 18.1. The molecule has 2 N–H and O–H groups in total. The van der Waals surface area contributed by atoms with Crippen LogP contribution in [0, 0.1) is 0 Å². The average Bonchev–Trinajstić information content (AvgIpc) is 2.42. The molecule has 1 amide bonds. The van der Waals surface area contributed by atoms with E-state index in [1.54, 1.807) is 20.8 Å². The van der Waals surface area contributed by atoms with Gasteiger partial charge in [0, 0.05) is 12.0 Å². The molecule has 0 bridgehead atoms. The molecule has 9 heteroatoms. The Morgan fingerprint density at radius 1 is 1.26 bits per heavy atom. The van der Waals surface area contributed by atoms with E-state index in [4.69, 9.17) is 4.74 Å². The van der Waals surface area contributed by atoms with Gasteiger partial charge in [-0.2, -0.15) is 4.72 Å². The van der Waals surface area contributed by atoms with Crippen LogP contribution < -0.4 is 10.0 Å². The first kappa shape index (κ1) is 21.4. The highest BCUT2D eigenvalue weighted by Gasteiger charge is 2.23. The van der Waals surface area contributed by atoms with Crippen LogP contribution in [0.15, 0.2) is 12.0 Å². The van der Waals surface area contributed by atoms with Crippen molar-refractivity contribution in [2.24, 2.45) is 0 Å². The molecule has 1 atom stereocenters. The smallest absolute Gasteiger partial charge is 0.407 e. The molecule has 0 fully saturated rings. The minimum absolute atomic E-state index is 0.246. The minimum Gasteiger partial charge on any atom is -0.468 e. The van der Waals surface area contributed by atoms with Crippen LogP contribution in [0.4, 0.5) is 4.79 Å². The zero-order valence-corrected chi connectivity index (χ0v) is 14.9. The fourth-order valence-corrected chi connectivity index (χ4v) is 2.30. The maximum Gasteiger partial charge on any atom is 0.407 e. The van der Waals surface area contributed by atoms with Crippen molar-refractivity contribution < 1.29 is 27.5 Å². The van der Waals surface area contributed by atoms with E-state index in [1.165, 1.54) is 7.11 Å². The maximum absolute atomic E-state index is 11.6. The highest BCUT2D eigenvalue weighted by Crippen LogP contribution is 2.07. The van der Waals surface area contributed by atoms with E-state index in [2.05, 4.69) is 21.4 Å². The number of esters is 1. The summed E-state index contributed by atoms with van der Waals surface area (Å²) in [6.07, 6.45) is 0.794. The van der Waals surface area contributed by atoms with Crippen LogP contribution in [0.5, 0.6) is 0 Å². The Morgan fingerprint density at radius 2 is 1.87 bits per heavy atom. The standard InChI is InChI=1S/C14H26N2O6S/c1-6-23(19,20)16-11(12(17)21-5)9-7-8-10-15-13(18)22-14(2,3)4/h6,11,16H,1,7-10H2,2-5H3,(H,15,18)/t11-/m0/s1. The molecule has 0 aromatic carbocycles. The second-order valence-corrected chi connectivity index (χ2v) is 7.49. The predicted molar refractivity (Wildman–Crippen MR) is 86.1 cm³/mol. The number of rotatable bonds is 9. The van der Waals surface area contributed by atoms with Crippen molar-refractivity contribution in [3.05, 3.63) is 12.0 Å². The average molecular weight is 350 g/mol. The summed E-state index contributed by atoms with van der Waals surface area (Å²) in [5.41, 5.74) is -0.566. The SMILES string of the molecule is C=CS(=O)(=O)N[C@@H](CCCCNC(=O)OC(C)(C)C)C(=O)OC. The van der Waals surface area contributed by atoms with Crippen LogP contribution in [0.3, 0.4) is 0 Å². The number of hydrogen-bond donors (Lipinski definition) is 2. The van der Waals surface area contributed by atoms with Crippen LogP contribution in [-0.4, -0.2) is 45.8 Å². The molecule has 134 valence electrons. The van der Waals surface area contributed by atoms with E-state index in [0.717, 1.165) is 5.41 Å². The number of hydrogen-bond acceptors (Lipinski definition) is 6. The van der Waals surface area contributed by atoms with Crippen molar-refractivity contribution in [1.29, 1.82) is 0 Å². The molecule has 23 heavy (non-hydrogen) atoms. The zero-order valence-electron chi connectivity index (χ0n) is 14.0. The highest BCUT2D eigenvalue weighted by molar-refractivity contribution is 7.92. The summed E-state index contributed by atoms with van der Waals surface area (Å²) in [6, 6.07) is -0.982. The van der Waals surface area contributed by atoms with Crippen LogP contribution >= 0.6 is 0 Å². The first-order valence-electron chi connectivity index (χ1n) is 7.20. The first-order chi connectivity index (χ1) is 10.5. The van der Waals surface area contributed by atoms with Gasteiger partial charge < -0.3 is 14.8 Å². The van der Waals surface area contributed by atoms with Crippen LogP contribution in [-0.2, 0) is 24.3 Å². The largest absolute Gasteiger partial charge is 0.468 e. The van der Waals surface area contributed by atoms with E-state index in [0.29, 0.717) is 19.4 Å². The lowest BCUT2D eigenvalue weighted by atomic mass is 10.1. The number of ether oxygens (including phenoxy) is 2. The van der Waals surface area contributed by atoms with Crippen molar-refractivity contribution in [2.45, 2.75) is 51.7 Å². The summed E-state index contributed by atoms with van der Waals surface area (Å²) in [4.78, 5) is 23.0. The lowest BCUT2D eigenvalue weighted by Gasteiger charge is -2.19. The van der Waals surface area contributed by atoms with Crippen molar-refractivity contribution in [1.82, 2.24) is 10.0 Å². The van der Waals surface area contributed by atoms with Gasteiger partial charge in [-0.05, 0) is 40.0 Å². The van der Waals surface area contributed by atoms with E-state index in [1.807, 2.05) is 0 Å². The molecule has 0 aromatic heterocycles. The number of sulfonamides is 1. The number of methoxy groups -OCH3 is 1. The number of carbonyl (C=O) groups is 2. The summed E-state index contributed by atoms with van der Waals surface area (Å²) in [5.74, 6) is -0.671. The Labute approximate surface area is 137 Å². The van der Waals surface area contributed by atoms with Gasteiger partial charge in [-0.1, -0.05) is 6.58 Å². The second kappa shape index (κ2) is 9.51. The number of nitrogens with one attached hydrogen (secondary N) is 2. The third kappa shape index (κ3) is 10.7. The van der Waals surface area contributed by atoms with Gasteiger partial charge in [0.05, 0.1) is 7.11 Å². The number of alkyl carbamates (subject to hydrolysis) is 1. The third-order valence-electron chi connectivity index (χ3n) is 2.60. The molecule has 0 rings (SSSR count). The van der Waals surface area contributed by atoms with Gasteiger partial charge in [-0.25, -0.2) is 13.2 Å². The topological polar surface area (TPSA) is 111 Å². The number of unbranched alkanes of at least 4 members (excludes halogenated alkanes) is 1. The summed E-state index contributed by atoms with van der Waals surface area (Å²) in [6.45, 7) is 8.81. The summed E-state index contributed by atoms with van der Waals surface area (Å²) < 4.78 is 34.7. The Morgan fingerprint density at radius 3 is 2.35 bits per heavy atom. The molecule has 0 spiro atoms. The molecule has 0 aliphatic rings. The Kier molecular flexibility index (Phi) is 8.85. The molecule has 0 radical (unpaired) electrons. The quantitative estimate of drug-likeness (QED) is 0.479. The van der Waals surface area contributed by atoms with Gasteiger partial charge in [0.15, 0.2) is 0 Å². The van der Waals surface area contributed by atoms with Crippen LogP contribution in [0.1, 0.15) is 40.0 Å². The Balaban J connectivity index is 4.21. The minimum atomic E-state index is -3.73. The summed E-state index contributed by atoms with van der Waals surface area (Å²) in [5, 5.41) is 3.31. The monoisotopic (exact) mass is 350 g/mol. The molecule has 0 saturated heterocycles. The Bertz CT molecular complexity index is 510.